The van der Waals surface area contributed by atoms with Crippen LogP contribution in [0.25, 0.3) is 5.69 Å². The van der Waals surface area contributed by atoms with Crippen molar-refractivity contribution in [1.29, 1.82) is 0 Å². The third-order valence-electron chi connectivity index (χ3n) is 4.74. The number of anilines is 1. The van der Waals surface area contributed by atoms with Crippen LogP contribution in [0.15, 0.2) is 77.3 Å². The third kappa shape index (κ3) is 4.90. The Balaban J connectivity index is 1.58. The second-order valence-corrected chi connectivity index (χ2v) is 9.23. The highest BCUT2D eigenvalue weighted by molar-refractivity contribution is 8.00. The summed E-state index contributed by atoms with van der Waals surface area (Å²) in [6.45, 7) is 1.79. The molecule has 32 heavy (non-hydrogen) atoms. The summed E-state index contributed by atoms with van der Waals surface area (Å²) in [5.74, 6) is -0.0322. The fraction of sp³-hybridized carbons (Fsp3) is 0.130. The molecule has 0 fully saturated rings. The van der Waals surface area contributed by atoms with E-state index in [1.54, 1.807) is 18.4 Å². The van der Waals surface area contributed by atoms with E-state index in [2.05, 4.69) is 15.5 Å². The summed E-state index contributed by atoms with van der Waals surface area (Å²) < 4.78 is 1.97. The Hall–Kier alpha value is -3.43. The lowest BCUT2D eigenvalue weighted by molar-refractivity contribution is -0.115. The molecule has 0 saturated carbocycles. The molecule has 0 radical (unpaired) electrons. The van der Waals surface area contributed by atoms with Gasteiger partial charge in [-0.2, -0.15) is 0 Å². The summed E-state index contributed by atoms with van der Waals surface area (Å²) in [7, 11) is 0. The molecular weight excluding hydrogens is 442 g/mol. The molecule has 9 heteroatoms. The SMILES string of the molecule is CC(Sc1nnc(Cc2ccccc2)n1-c1ccccc1)C(=O)Nc1sccc1C(N)=O. The maximum Gasteiger partial charge on any atom is 0.251 e. The average molecular weight is 464 g/mol. The lowest BCUT2D eigenvalue weighted by Gasteiger charge is -2.14. The molecule has 0 aliphatic carbocycles. The van der Waals surface area contributed by atoms with Gasteiger partial charge in [0.1, 0.15) is 10.8 Å². The molecule has 0 saturated heterocycles. The minimum atomic E-state index is -0.573. The van der Waals surface area contributed by atoms with Crippen LogP contribution in [0.2, 0.25) is 0 Å². The van der Waals surface area contributed by atoms with Crippen LogP contribution in [0.1, 0.15) is 28.7 Å². The minimum absolute atomic E-state index is 0.243. The molecule has 7 nitrogen and oxygen atoms in total. The smallest absolute Gasteiger partial charge is 0.251 e. The van der Waals surface area contributed by atoms with Crippen molar-refractivity contribution in [3.8, 4) is 5.69 Å². The Labute approximate surface area is 193 Å². The van der Waals surface area contributed by atoms with Gasteiger partial charge in [0, 0.05) is 12.1 Å². The quantitative estimate of drug-likeness (QED) is 0.382. The van der Waals surface area contributed by atoms with Crippen LogP contribution in [0.4, 0.5) is 5.00 Å². The van der Waals surface area contributed by atoms with E-state index >= 15 is 0 Å². The Morgan fingerprint density at radius 2 is 1.75 bits per heavy atom. The Kier molecular flexibility index (Phi) is 6.67. The number of rotatable bonds is 8. The Bertz CT molecular complexity index is 1220. The number of thiophene rings is 1. The molecular formula is C23H21N5O2S2. The van der Waals surface area contributed by atoms with E-state index in [4.69, 9.17) is 5.73 Å². The zero-order chi connectivity index (χ0) is 22.5. The topological polar surface area (TPSA) is 103 Å². The zero-order valence-electron chi connectivity index (χ0n) is 17.3. The van der Waals surface area contributed by atoms with Crippen molar-refractivity contribution in [2.75, 3.05) is 5.32 Å². The maximum atomic E-state index is 12.8. The zero-order valence-corrected chi connectivity index (χ0v) is 18.9. The van der Waals surface area contributed by atoms with Gasteiger partial charge in [-0.1, -0.05) is 60.3 Å². The average Bonchev–Trinajstić information content (AvgIpc) is 3.42. The number of carbonyl (C=O) groups excluding carboxylic acids is 2. The van der Waals surface area contributed by atoms with Gasteiger partial charge in [0.25, 0.3) is 5.91 Å². The largest absolute Gasteiger partial charge is 0.366 e. The molecule has 2 heterocycles. The number of primary amides is 1. The van der Waals surface area contributed by atoms with Crippen molar-refractivity contribution >= 4 is 39.9 Å². The molecule has 1 unspecified atom stereocenters. The van der Waals surface area contributed by atoms with Crippen molar-refractivity contribution in [2.24, 2.45) is 5.73 Å². The molecule has 0 bridgehead atoms. The van der Waals surface area contributed by atoms with E-state index in [0.717, 1.165) is 17.1 Å². The van der Waals surface area contributed by atoms with Crippen molar-refractivity contribution in [1.82, 2.24) is 14.8 Å². The van der Waals surface area contributed by atoms with Gasteiger partial charge >= 0.3 is 0 Å². The highest BCUT2D eigenvalue weighted by Gasteiger charge is 2.23. The molecule has 4 rings (SSSR count). The van der Waals surface area contributed by atoms with Gasteiger partial charge in [-0.25, -0.2) is 0 Å². The summed E-state index contributed by atoms with van der Waals surface area (Å²) in [5, 5.41) is 13.9. The lowest BCUT2D eigenvalue weighted by Crippen LogP contribution is -2.24. The van der Waals surface area contributed by atoms with Crippen LogP contribution >= 0.6 is 23.1 Å². The van der Waals surface area contributed by atoms with E-state index in [0.29, 0.717) is 22.1 Å². The number of thioether (sulfide) groups is 1. The van der Waals surface area contributed by atoms with E-state index in [-0.39, 0.29) is 5.91 Å². The maximum absolute atomic E-state index is 12.8. The second kappa shape index (κ2) is 9.80. The van der Waals surface area contributed by atoms with Gasteiger partial charge in [0.2, 0.25) is 5.91 Å². The van der Waals surface area contributed by atoms with Crippen LogP contribution in [-0.4, -0.2) is 31.8 Å². The summed E-state index contributed by atoms with van der Waals surface area (Å²) in [4.78, 5) is 24.3. The molecule has 0 aliphatic rings. The summed E-state index contributed by atoms with van der Waals surface area (Å²) >= 11 is 2.57. The Morgan fingerprint density at radius 1 is 1.06 bits per heavy atom. The van der Waals surface area contributed by atoms with Gasteiger partial charge in [-0.15, -0.1) is 21.5 Å². The highest BCUT2D eigenvalue weighted by Crippen LogP contribution is 2.29. The molecule has 4 aromatic rings. The number of amides is 2. The van der Waals surface area contributed by atoms with E-state index < -0.39 is 11.2 Å². The number of benzene rings is 2. The first-order valence-electron chi connectivity index (χ1n) is 9.91. The standard InChI is InChI=1S/C23H21N5O2S2/c1-15(21(30)25-22-18(20(24)29)12-13-31-22)32-23-27-26-19(14-16-8-4-2-5-9-16)28(23)17-10-6-3-7-11-17/h2-13,15H,14H2,1H3,(H2,24,29)(H,25,30). The van der Waals surface area contributed by atoms with Gasteiger partial charge in [-0.3, -0.25) is 14.2 Å². The normalized spacial score (nSPS) is 11.8. The van der Waals surface area contributed by atoms with Crippen molar-refractivity contribution in [3.63, 3.8) is 0 Å². The lowest BCUT2D eigenvalue weighted by atomic mass is 10.1. The van der Waals surface area contributed by atoms with Crippen LogP contribution in [0.5, 0.6) is 0 Å². The third-order valence-corrected chi connectivity index (χ3v) is 6.61. The summed E-state index contributed by atoms with van der Waals surface area (Å²) in [6, 6.07) is 21.5. The van der Waals surface area contributed by atoms with Gasteiger partial charge < -0.3 is 11.1 Å². The van der Waals surface area contributed by atoms with Crippen molar-refractivity contribution < 1.29 is 9.59 Å². The number of aromatic nitrogens is 3. The predicted octanol–water partition coefficient (Wildman–Crippen LogP) is 4.14. The predicted molar refractivity (Wildman–Crippen MR) is 127 cm³/mol. The van der Waals surface area contributed by atoms with E-state index in [1.165, 1.54) is 23.1 Å². The van der Waals surface area contributed by atoms with Crippen LogP contribution in [-0.2, 0) is 11.2 Å². The number of hydrogen-bond donors (Lipinski definition) is 2. The fourth-order valence-corrected chi connectivity index (χ4v) is 4.81. The number of nitrogens with two attached hydrogens (primary N) is 1. The number of nitrogens with one attached hydrogen (secondary N) is 1. The highest BCUT2D eigenvalue weighted by atomic mass is 32.2. The number of hydrogen-bond acceptors (Lipinski definition) is 6. The molecule has 0 spiro atoms. The van der Waals surface area contributed by atoms with E-state index in [1.807, 2.05) is 65.2 Å². The first-order valence-corrected chi connectivity index (χ1v) is 11.7. The second-order valence-electron chi connectivity index (χ2n) is 7.01. The molecule has 2 aromatic heterocycles. The van der Waals surface area contributed by atoms with E-state index in [9.17, 15) is 9.59 Å². The minimum Gasteiger partial charge on any atom is -0.366 e. The molecule has 2 amide bonds. The van der Waals surface area contributed by atoms with Gasteiger partial charge in [0.15, 0.2) is 5.16 Å². The van der Waals surface area contributed by atoms with Crippen molar-refractivity contribution in [2.45, 2.75) is 23.8 Å². The van der Waals surface area contributed by atoms with Gasteiger partial charge in [0.05, 0.1) is 10.8 Å². The Morgan fingerprint density at radius 3 is 2.44 bits per heavy atom. The number of carbonyl (C=O) groups is 2. The monoisotopic (exact) mass is 463 g/mol. The molecule has 162 valence electrons. The van der Waals surface area contributed by atoms with Crippen LogP contribution < -0.4 is 11.1 Å². The summed E-state index contributed by atoms with van der Waals surface area (Å²) in [5.41, 5.74) is 7.72. The first-order chi connectivity index (χ1) is 15.5. The van der Waals surface area contributed by atoms with Gasteiger partial charge in [-0.05, 0) is 36.1 Å². The molecule has 2 aromatic carbocycles. The molecule has 1 atom stereocenters. The fourth-order valence-electron chi connectivity index (χ4n) is 3.13. The van der Waals surface area contributed by atoms with Crippen molar-refractivity contribution in [3.05, 3.63) is 89.1 Å². The van der Waals surface area contributed by atoms with Crippen LogP contribution in [0.3, 0.4) is 0 Å². The first kappa shape index (κ1) is 21.8. The number of nitrogens with zero attached hydrogens (tertiary/aromatic N) is 3. The van der Waals surface area contributed by atoms with Crippen LogP contribution in [0, 0.1) is 0 Å². The summed E-state index contributed by atoms with van der Waals surface area (Å²) in [6.07, 6.45) is 0.612. The number of para-hydroxylation sites is 1. The molecule has 3 N–H and O–H groups in total. The molecule has 0 aliphatic heterocycles.